The van der Waals surface area contributed by atoms with Crippen molar-refractivity contribution < 1.29 is 23.7 Å². The molecule has 42 heavy (non-hydrogen) atoms. The average molecular weight is 611 g/mol. The largest absolute Gasteiger partial charge is 0.487 e. The van der Waals surface area contributed by atoms with Crippen molar-refractivity contribution in [1.29, 1.82) is 0 Å². The summed E-state index contributed by atoms with van der Waals surface area (Å²) < 4.78 is 32.9. The highest BCUT2D eigenvalue weighted by Gasteiger charge is 2.36. The first-order valence-corrected chi connectivity index (χ1v) is 16.1. The second-order valence-corrected chi connectivity index (χ2v) is 13.7. The molecule has 222 valence electrons. The van der Waals surface area contributed by atoms with Gasteiger partial charge in [0.15, 0.2) is 0 Å². The van der Waals surface area contributed by atoms with Crippen molar-refractivity contribution in [1.82, 2.24) is 19.3 Å². The van der Waals surface area contributed by atoms with Crippen LogP contribution in [0.1, 0.15) is 65.5 Å². The van der Waals surface area contributed by atoms with E-state index in [4.69, 9.17) is 16.3 Å². The zero-order valence-corrected chi connectivity index (χ0v) is 25.5. The maximum absolute atomic E-state index is 12.2. The Bertz CT molecular complexity index is 1690. The molecule has 2 atom stereocenters. The SMILES string of the molecule is CC[C@@H]1CN(Cc2cc(C(CC(=O)O)c3ccc4c(nnn4C)c3C)cc3c2CCC3)S(O)(O)c2cc(Cl)ccc2O1. The third-order valence-electron chi connectivity index (χ3n) is 8.63. The molecule has 11 heteroatoms. The van der Waals surface area contributed by atoms with Crippen molar-refractivity contribution >= 4 is 39.4 Å². The van der Waals surface area contributed by atoms with E-state index in [0.29, 0.717) is 23.7 Å². The van der Waals surface area contributed by atoms with Crippen LogP contribution in [0.2, 0.25) is 5.02 Å². The fraction of sp³-hybridized carbons (Fsp3) is 0.387. The first-order valence-electron chi connectivity index (χ1n) is 14.2. The minimum Gasteiger partial charge on any atom is -0.487 e. The van der Waals surface area contributed by atoms with Crippen molar-refractivity contribution in [3.05, 3.63) is 80.9 Å². The summed E-state index contributed by atoms with van der Waals surface area (Å²) in [6, 6.07) is 13.1. The second-order valence-electron chi connectivity index (χ2n) is 11.3. The van der Waals surface area contributed by atoms with Crippen LogP contribution >= 0.6 is 22.4 Å². The first-order chi connectivity index (χ1) is 20.1. The van der Waals surface area contributed by atoms with Crippen LogP contribution in [0.15, 0.2) is 47.4 Å². The van der Waals surface area contributed by atoms with Crippen molar-refractivity contribution in [2.45, 2.75) is 69.4 Å². The number of halogens is 1. The summed E-state index contributed by atoms with van der Waals surface area (Å²) in [5.74, 6) is -0.864. The number of ether oxygens (including phenoxy) is 1. The van der Waals surface area contributed by atoms with E-state index in [-0.39, 0.29) is 24.0 Å². The molecular formula is C31H35ClN4O5S. The monoisotopic (exact) mass is 610 g/mol. The van der Waals surface area contributed by atoms with Gasteiger partial charge in [-0.1, -0.05) is 41.9 Å². The number of aliphatic carboxylic acids is 1. The van der Waals surface area contributed by atoms with Crippen molar-refractivity contribution in [2.75, 3.05) is 6.54 Å². The van der Waals surface area contributed by atoms with Gasteiger partial charge >= 0.3 is 5.97 Å². The molecule has 1 aliphatic heterocycles. The van der Waals surface area contributed by atoms with E-state index in [1.807, 2.05) is 33.0 Å². The zero-order valence-electron chi connectivity index (χ0n) is 23.9. The molecule has 0 radical (unpaired) electrons. The van der Waals surface area contributed by atoms with Crippen LogP contribution in [0.25, 0.3) is 11.0 Å². The molecule has 1 unspecified atom stereocenters. The molecule has 4 aromatic rings. The van der Waals surface area contributed by atoms with Gasteiger partial charge in [-0.3, -0.25) is 13.9 Å². The van der Waals surface area contributed by atoms with E-state index < -0.39 is 22.7 Å². The maximum Gasteiger partial charge on any atom is 0.304 e. The molecule has 0 fully saturated rings. The first kappa shape index (κ1) is 28.9. The predicted molar refractivity (Wildman–Crippen MR) is 163 cm³/mol. The Hall–Kier alpha value is -3.15. The summed E-state index contributed by atoms with van der Waals surface area (Å²) in [7, 11) is -1.58. The number of aromatic nitrogens is 3. The summed E-state index contributed by atoms with van der Waals surface area (Å²) in [5, 5.41) is 18.9. The fourth-order valence-corrected chi connectivity index (χ4v) is 8.29. The van der Waals surface area contributed by atoms with E-state index in [2.05, 4.69) is 22.4 Å². The van der Waals surface area contributed by atoms with Crippen LogP contribution in [0.4, 0.5) is 0 Å². The molecule has 0 amide bonds. The Balaban J connectivity index is 1.45. The van der Waals surface area contributed by atoms with Gasteiger partial charge in [-0.05, 0) is 90.3 Å². The van der Waals surface area contributed by atoms with Gasteiger partial charge in [0.1, 0.15) is 22.3 Å². The Morgan fingerprint density at radius 2 is 2.00 bits per heavy atom. The van der Waals surface area contributed by atoms with Gasteiger partial charge in [-0.15, -0.1) is 15.9 Å². The standard InChI is InChI=1S/C31H35ClN4O5S/c1-4-23-17-36(42(39,40)29-14-22(32)8-11-28(29)41-23)16-21-13-20(12-19-6-5-7-25(19)21)26(15-30(37)38)24-9-10-27-31(18(24)2)33-34-35(27)3/h8-14,23,26,39-40H,4-7,15-17H2,1-3H3,(H,37,38)/t23-,26?/m1/s1. The van der Waals surface area contributed by atoms with Crippen LogP contribution in [0, 0.1) is 6.92 Å². The van der Waals surface area contributed by atoms with Gasteiger partial charge in [-0.25, -0.2) is 4.68 Å². The number of carbonyl (C=O) groups is 1. The third kappa shape index (κ3) is 5.16. The summed E-state index contributed by atoms with van der Waals surface area (Å²) in [6.45, 7) is 4.59. The van der Waals surface area contributed by atoms with E-state index in [9.17, 15) is 19.0 Å². The zero-order chi connectivity index (χ0) is 29.8. The molecule has 3 N–H and O–H groups in total. The van der Waals surface area contributed by atoms with Gasteiger partial charge in [0.2, 0.25) is 0 Å². The highest BCUT2D eigenvalue weighted by molar-refractivity contribution is 8.22. The maximum atomic E-state index is 12.2. The number of fused-ring (bicyclic) bond motifs is 3. The van der Waals surface area contributed by atoms with Gasteiger partial charge < -0.3 is 9.84 Å². The molecule has 9 nitrogen and oxygen atoms in total. The number of rotatable bonds is 7. The lowest BCUT2D eigenvalue weighted by molar-refractivity contribution is -0.137. The summed E-state index contributed by atoms with van der Waals surface area (Å²) in [6.07, 6.45) is 3.15. The summed E-state index contributed by atoms with van der Waals surface area (Å²) in [4.78, 5) is 12.5. The molecule has 3 aromatic carbocycles. The van der Waals surface area contributed by atoms with Crippen LogP contribution in [-0.4, -0.2) is 52.1 Å². The van der Waals surface area contributed by atoms with Gasteiger partial charge in [0.05, 0.1) is 18.5 Å². The highest BCUT2D eigenvalue weighted by Crippen LogP contribution is 2.58. The number of hydrogen-bond acceptors (Lipinski definition) is 7. The van der Waals surface area contributed by atoms with Crippen molar-refractivity contribution in [2.24, 2.45) is 7.05 Å². The third-order valence-corrected chi connectivity index (χ3v) is 10.8. The van der Waals surface area contributed by atoms with Crippen molar-refractivity contribution in [3.63, 3.8) is 0 Å². The second kappa shape index (κ2) is 11.2. The molecular weight excluding hydrogens is 576 g/mol. The number of carboxylic acid groups (broad SMARTS) is 1. The summed E-state index contributed by atoms with van der Waals surface area (Å²) in [5.41, 5.74) is 7.73. The lowest BCUT2D eigenvalue weighted by Crippen LogP contribution is -2.34. The highest BCUT2D eigenvalue weighted by atomic mass is 35.5. The quantitative estimate of drug-likeness (QED) is 0.211. The molecule has 2 aliphatic rings. The molecule has 0 bridgehead atoms. The lowest BCUT2D eigenvalue weighted by atomic mass is 9.83. The minimum absolute atomic E-state index is 0.0820. The van der Waals surface area contributed by atoms with Gasteiger partial charge in [-0.2, -0.15) is 4.31 Å². The van der Waals surface area contributed by atoms with Crippen LogP contribution in [0.5, 0.6) is 5.75 Å². The molecule has 2 heterocycles. The molecule has 0 saturated carbocycles. The lowest BCUT2D eigenvalue weighted by Gasteiger charge is -2.42. The topological polar surface area (TPSA) is 121 Å². The van der Waals surface area contributed by atoms with E-state index >= 15 is 0 Å². The minimum atomic E-state index is -3.42. The molecule has 1 aromatic heterocycles. The van der Waals surface area contributed by atoms with Gasteiger partial charge in [0, 0.05) is 24.5 Å². The van der Waals surface area contributed by atoms with Crippen LogP contribution in [0.3, 0.4) is 0 Å². The number of nitrogens with zero attached hydrogens (tertiary/aromatic N) is 4. The number of aryl methyl sites for hydroxylation is 3. The van der Waals surface area contributed by atoms with Gasteiger partial charge in [0.25, 0.3) is 0 Å². The number of benzene rings is 3. The summed E-state index contributed by atoms with van der Waals surface area (Å²) >= 11 is 6.28. The average Bonchev–Trinajstić information content (AvgIpc) is 3.56. The Morgan fingerprint density at radius 3 is 2.76 bits per heavy atom. The van der Waals surface area contributed by atoms with E-state index in [0.717, 1.165) is 52.5 Å². The number of hydrogen-bond donors (Lipinski definition) is 3. The Labute approximate surface area is 251 Å². The molecule has 1 aliphatic carbocycles. The smallest absolute Gasteiger partial charge is 0.304 e. The molecule has 6 rings (SSSR count). The van der Waals surface area contributed by atoms with E-state index in [1.165, 1.54) is 11.1 Å². The van der Waals surface area contributed by atoms with Crippen LogP contribution in [-0.2, 0) is 31.2 Å². The fourth-order valence-electron chi connectivity index (χ4n) is 6.41. The van der Waals surface area contributed by atoms with Crippen molar-refractivity contribution in [3.8, 4) is 5.75 Å². The normalized spacial score (nSPS) is 19.5. The molecule has 0 spiro atoms. The van der Waals surface area contributed by atoms with Crippen LogP contribution < -0.4 is 4.74 Å². The van der Waals surface area contributed by atoms with E-state index in [1.54, 1.807) is 27.2 Å². The molecule has 0 saturated heterocycles. The Morgan fingerprint density at radius 1 is 1.19 bits per heavy atom. The number of carboxylic acids is 1. The Kier molecular flexibility index (Phi) is 7.69. The predicted octanol–water partition coefficient (Wildman–Crippen LogP) is 6.72.